The molecule has 8 nitrogen and oxygen atoms in total. The fraction of sp³-hybridized carbons (Fsp3) is 0.391. The van der Waals surface area contributed by atoms with Crippen molar-refractivity contribution in [1.82, 2.24) is 10.2 Å². The number of carbonyl (C=O) groups is 2. The molecule has 0 saturated heterocycles. The monoisotopic (exact) mass is 428 g/mol. The minimum absolute atomic E-state index is 0.0252. The van der Waals surface area contributed by atoms with Crippen LogP contribution in [0.15, 0.2) is 42.5 Å². The summed E-state index contributed by atoms with van der Waals surface area (Å²) in [5, 5.41) is 21.5. The zero-order valence-corrected chi connectivity index (χ0v) is 17.5. The van der Waals surface area contributed by atoms with Gasteiger partial charge in [0.05, 0.1) is 25.9 Å². The standard InChI is InChI=1S/C23H28N2O6/c1-25(14-20(27)15-26)23(29)18-5-6-21-19(13-18)12-16-3-2-4-17(11-16)22(28)24-7-8-30-9-10-31-21/h2-6,11,13,20,26-27H,7-10,12,14-15H2,1H3,(H,24,28). The van der Waals surface area contributed by atoms with Gasteiger partial charge in [0.2, 0.25) is 0 Å². The number of likely N-dealkylation sites (N-methyl/N-ethyl adjacent to an activating group) is 1. The highest BCUT2D eigenvalue weighted by atomic mass is 16.5. The van der Waals surface area contributed by atoms with Crippen LogP contribution in [0.25, 0.3) is 0 Å². The number of carbonyl (C=O) groups excluding carboxylic acids is 2. The number of benzene rings is 2. The summed E-state index contributed by atoms with van der Waals surface area (Å²) in [6.07, 6.45) is -0.523. The third-order valence-electron chi connectivity index (χ3n) is 4.95. The summed E-state index contributed by atoms with van der Waals surface area (Å²) < 4.78 is 11.4. The Bertz CT molecular complexity index is 917. The summed E-state index contributed by atoms with van der Waals surface area (Å²) in [5.41, 5.74) is 2.72. The molecular weight excluding hydrogens is 400 g/mol. The molecule has 0 saturated carbocycles. The molecular formula is C23H28N2O6. The van der Waals surface area contributed by atoms with Crippen molar-refractivity contribution in [2.24, 2.45) is 0 Å². The zero-order chi connectivity index (χ0) is 22.2. The molecule has 1 heterocycles. The molecule has 2 amide bonds. The molecule has 1 aliphatic heterocycles. The quantitative estimate of drug-likeness (QED) is 0.666. The van der Waals surface area contributed by atoms with Crippen LogP contribution >= 0.6 is 0 Å². The molecule has 166 valence electrons. The highest BCUT2D eigenvalue weighted by molar-refractivity contribution is 5.95. The van der Waals surface area contributed by atoms with Crippen LogP contribution in [0, 0.1) is 0 Å². The maximum atomic E-state index is 12.8. The van der Waals surface area contributed by atoms with Gasteiger partial charge in [-0.05, 0) is 41.5 Å². The van der Waals surface area contributed by atoms with Crippen molar-refractivity contribution >= 4 is 11.8 Å². The number of nitrogens with one attached hydrogen (secondary N) is 1. The maximum Gasteiger partial charge on any atom is 0.253 e. The Morgan fingerprint density at radius 2 is 2.03 bits per heavy atom. The van der Waals surface area contributed by atoms with E-state index in [0.29, 0.717) is 49.7 Å². The minimum Gasteiger partial charge on any atom is -0.491 e. The van der Waals surface area contributed by atoms with Gasteiger partial charge in [-0.15, -0.1) is 0 Å². The number of ether oxygens (including phenoxy) is 2. The summed E-state index contributed by atoms with van der Waals surface area (Å²) in [7, 11) is 1.57. The van der Waals surface area contributed by atoms with E-state index in [2.05, 4.69) is 5.32 Å². The van der Waals surface area contributed by atoms with Crippen LogP contribution in [0.4, 0.5) is 0 Å². The van der Waals surface area contributed by atoms with Crippen LogP contribution in [-0.4, -0.2) is 79.6 Å². The smallest absolute Gasteiger partial charge is 0.253 e. The third kappa shape index (κ3) is 6.27. The predicted octanol–water partition coefficient (Wildman–Crippen LogP) is 0.841. The first-order chi connectivity index (χ1) is 15.0. The average Bonchev–Trinajstić information content (AvgIpc) is 2.78. The largest absolute Gasteiger partial charge is 0.491 e. The van der Waals surface area contributed by atoms with Gasteiger partial charge in [0.15, 0.2) is 0 Å². The predicted molar refractivity (Wildman–Crippen MR) is 114 cm³/mol. The summed E-state index contributed by atoms with van der Waals surface area (Å²) in [6, 6.07) is 12.5. The second-order valence-corrected chi connectivity index (χ2v) is 7.44. The molecule has 0 spiro atoms. The number of hydrogen-bond donors (Lipinski definition) is 3. The summed E-state index contributed by atoms with van der Waals surface area (Å²) in [4.78, 5) is 26.5. The lowest BCUT2D eigenvalue weighted by Crippen LogP contribution is -2.35. The number of fused-ring (bicyclic) bond motifs is 3. The highest BCUT2D eigenvalue weighted by Crippen LogP contribution is 2.25. The number of amides is 2. The van der Waals surface area contributed by atoms with Crippen LogP contribution in [-0.2, 0) is 11.2 Å². The number of nitrogens with zero attached hydrogens (tertiary/aromatic N) is 1. The van der Waals surface area contributed by atoms with Crippen LogP contribution in [0.5, 0.6) is 5.75 Å². The zero-order valence-electron chi connectivity index (χ0n) is 17.5. The first kappa shape index (κ1) is 22.7. The molecule has 0 fully saturated rings. The van der Waals surface area contributed by atoms with Gasteiger partial charge in [0.1, 0.15) is 12.4 Å². The van der Waals surface area contributed by atoms with Crippen LogP contribution in [0.3, 0.4) is 0 Å². The molecule has 0 aromatic heterocycles. The van der Waals surface area contributed by atoms with Gasteiger partial charge in [-0.3, -0.25) is 9.59 Å². The van der Waals surface area contributed by atoms with Crippen molar-refractivity contribution in [1.29, 1.82) is 0 Å². The van der Waals surface area contributed by atoms with E-state index < -0.39 is 12.7 Å². The van der Waals surface area contributed by atoms with Gasteiger partial charge in [-0.1, -0.05) is 12.1 Å². The van der Waals surface area contributed by atoms with Gasteiger partial charge >= 0.3 is 0 Å². The molecule has 0 aliphatic carbocycles. The van der Waals surface area contributed by atoms with E-state index in [1.165, 1.54) is 4.90 Å². The van der Waals surface area contributed by atoms with Gasteiger partial charge in [0.25, 0.3) is 11.8 Å². The van der Waals surface area contributed by atoms with Crippen molar-refractivity contribution in [2.45, 2.75) is 12.5 Å². The normalized spacial score (nSPS) is 15.6. The summed E-state index contributed by atoms with van der Waals surface area (Å²) in [6.45, 7) is 1.14. The van der Waals surface area contributed by atoms with Crippen molar-refractivity contribution in [3.8, 4) is 5.75 Å². The van der Waals surface area contributed by atoms with E-state index in [1.54, 1.807) is 31.3 Å². The number of aliphatic hydroxyl groups is 2. The molecule has 0 radical (unpaired) electrons. The topological polar surface area (TPSA) is 108 Å². The van der Waals surface area contributed by atoms with Crippen LogP contribution < -0.4 is 10.1 Å². The Kier molecular flexibility index (Phi) is 8.00. The highest BCUT2D eigenvalue weighted by Gasteiger charge is 2.18. The Morgan fingerprint density at radius 1 is 1.19 bits per heavy atom. The molecule has 31 heavy (non-hydrogen) atoms. The molecule has 2 bridgehead atoms. The molecule has 1 unspecified atom stereocenters. The van der Waals surface area contributed by atoms with E-state index in [9.17, 15) is 14.7 Å². The maximum absolute atomic E-state index is 12.8. The van der Waals surface area contributed by atoms with Crippen molar-refractivity contribution < 1.29 is 29.3 Å². The van der Waals surface area contributed by atoms with Gasteiger partial charge in [-0.25, -0.2) is 0 Å². The van der Waals surface area contributed by atoms with E-state index in [0.717, 1.165) is 11.1 Å². The molecule has 2 aromatic carbocycles. The minimum atomic E-state index is -0.997. The lowest BCUT2D eigenvalue weighted by molar-refractivity contribution is 0.0520. The second kappa shape index (κ2) is 10.9. The molecule has 1 aliphatic rings. The van der Waals surface area contributed by atoms with Gasteiger partial charge in [-0.2, -0.15) is 0 Å². The van der Waals surface area contributed by atoms with E-state index in [1.807, 2.05) is 18.2 Å². The lowest BCUT2D eigenvalue weighted by atomic mass is 9.99. The van der Waals surface area contributed by atoms with Crippen molar-refractivity contribution in [2.75, 3.05) is 46.6 Å². The molecule has 8 heteroatoms. The third-order valence-corrected chi connectivity index (χ3v) is 4.95. The number of hydrogen-bond acceptors (Lipinski definition) is 6. The van der Waals surface area contributed by atoms with E-state index in [-0.39, 0.29) is 18.4 Å². The van der Waals surface area contributed by atoms with Crippen LogP contribution in [0.1, 0.15) is 31.8 Å². The molecule has 2 aromatic rings. The first-order valence-corrected chi connectivity index (χ1v) is 10.2. The lowest BCUT2D eigenvalue weighted by Gasteiger charge is -2.21. The van der Waals surface area contributed by atoms with E-state index >= 15 is 0 Å². The molecule has 3 rings (SSSR count). The molecule has 3 N–H and O–H groups in total. The summed E-state index contributed by atoms with van der Waals surface area (Å²) in [5.74, 6) is 0.211. The van der Waals surface area contributed by atoms with Crippen LogP contribution in [0.2, 0.25) is 0 Å². The second-order valence-electron chi connectivity index (χ2n) is 7.44. The van der Waals surface area contributed by atoms with Crippen molar-refractivity contribution in [3.63, 3.8) is 0 Å². The van der Waals surface area contributed by atoms with Crippen molar-refractivity contribution in [3.05, 3.63) is 64.7 Å². The summed E-state index contributed by atoms with van der Waals surface area (Å²) >= 11 is 0. The van der Waals surface area contributed by atoms with E-state index in [4.69, 9.17) is 14.6 Å². The first-order valence-electron chi connectivity index (χ1n) is 10.2. The van der Waals surface area contributed by atoms with Gasteiger partial charge < -0.3 is 29.9 Å². The SMILES string of the molecule is CN(CC(O)CO)C(=O)c1ccc2c(c1)Cc1cccc(c1)C(=O)NCCOCCO2. The Labute approximate surface area is 181 Å². The van der Waals surface area contributed by atoms with Gasteiger partial charge in [0, 0.05) is 37.7 Å². The number of aliphatic hydroxyl groups excluding tert-OH is 2. The Hall–Kier alpha value is -2.94. The number of rotatable bonds is 4. The fourth-order valence-electron chi connectivity index (χ4n) is 3.36. The molecule has 1 atom stereocenters. The Balaban J connectivity index is 1.90. The fourth-order valence-corrected chi connectivity index (χ4v) is 3.36. The average molecular weight is 428 g/mol. The Morgan fingerprint density at radius 3 is 2.84 bits per heavy atom.